The van der Waals surface area contributed by atoms with E-state index in [9.17, 15) is 4.79 Å². The molecule has 19 heavy (non-hydrogen) atoms. The van der Waals surface area contributed by atoms with Crippen LogP contribution in [-0.4, -0.2) is 15.6 Å². The van der Waals surface area contributed by atoms with E-state index in [4.69, 9.17) is 0 Å². The molecule has 0 atom stereocenters. The molecular weight excluding hydrogens is 236 g/mol. The van der Waals surface area contributed by atoms with Crippen LogP contribution in [0.15, 0.2) is 72.9 Å². The Bertz CT molecular complexity index is 687. The average Bonchev–Trinajstić information content (AvgIpc) is 2.98. The molecule has 0 bridgehead atoms. The lowest BCUT2D eigenvalue weighted by atomic mass is 10.1. The molecule has 3 nitrogen and oxygen atoms in total. The zero-order chi connectivity index (χ0) is 13.1. The van der Waals surface area contributed by atoms with Crippen LogP contribution < -0.4 is 0 Å². The van der Waals surface area contributed by atoms with Crippen molar-refractivity contribution in [3.63, 3.8) is 0 Å². The lowest BCUT2D eigenvalue weighted by Gasteiger charge is -2.00. The number of ketones is 1. The third-order valence-electron chi connectivity index (χ3n) is 2.88. The van der Waals surface area contributed by atoms with Crippen molar-refractivity contribution in [2.45, 2.75) is 0 Å². The van der Waals surface area contributed by atoms with Gasteiger partial charge in [-0.15, -0.1) is 0 Å². The van der Waals surface area contributed by atoms with Crippen LogP contribution in [0.3, 0.4) is 0 Å². The molecule has 0 unspecified atom stereocenters. The van der Waals surface area contributed by atoms with Crippen molar-refractivity contribution in [2.24, 2.45) is 0 Å². The van der Waals surface area contributed by atoms with Gasteiger partial charge in [0.1, 0.15) is 5.69 Å². The van der Waals surface area contributed by atoms with E-state index in [-0.39, 0.29) is 5.78 Å². The van der Waals surface area contributed by atoms with Gasteiger partial charge in [0.05, 0.1) is 5.69 Å². The molecule has 0 aliphatic heterocycles. The average molecular weight is 248 g/mol. The fourth-order valence-corrected chi connectivity index (χ4v) is 1.91. The number of hydrogen-bond donors (Lipinski definition) is 0. The molecule has 0 aliphatic rings. The normalized spacial score (nSPS) is 10.3. The largest absolute Gasteiger partial charge is 0.287 e. The molecule has 0 saturated heterocycles. The molecule has 1 aromatic heterocycles. The summed E-state index contributed by atoms with van der Waals surface area (Å²) in [6.07, 6.45) is 1.80. The Morgan fingerprint density at radius 1 is 0.842 bits per heavy atom. The molecule has 0 radical (unpaired) electrons. The Morgan fingerprint density at radius 2 is 1.47 bits per heavy atom. The molecule has 0 spiro atoms. The maximum atomic E-state index is 12.2. The van der Waals surface area contributed by atoms with Crippen LogP contribution in [-0.2, 0) is 0 Å². The highest BCUT2D eigenvalue weighted by atomic mass is 16.1. The van der Waals surface area contributed by atoms with E-state index in [0.29, 0.717) is 11.3 Å². The van der Waals surface area contributed by atoms with Gasteiger partial charge in [-0.1, -0.05) is 48.5 Å². The summed E-state index contributed by atoms with van der Waals surface area (Å²) in [4.78, 5) is 12.2. The first-order valence-corrected chi connectivity index (χ1v) is 6.05. The predicted molar refractivity (Wildman–Crippen MR) is 73.4 cm³/mol. The third kappa shape index (κ3) is 2.31. The number of para-hydroxylation sites is 1. The van der Waals surface area contributed by atoms with Crippen LogP contribution in [0.25, 0.3) is 5.69 Å². The van der Waals surface area contributed by atoms with E-state index in [1.165, 1.54) is 0 Å². The van der Waals surface area contributed by atoms with Crippen LogP contribution in [0.1, 0.15) is 16.1 Å². The van der Waals surface area contributed by atoms with E-state index < -0.39 is 0 Å². The van der Waals surface area contributed by atoms with Crippen LogP contribution in [0.2, 0.25) is 0 Å². The Balaban J connectivity index is 1.92. The number of rotatable bonds is 3. The fraction of sp³-hybridized carbons (Fsp3) is 0. The predicted octanol–water partition coefficient (Wildman–Crippen LogP) is 3.10. The number of carbonyl (C=O) groups is 1. The molecule has 92 valence electrons. The standard InChI is InChI=1S/C16H12N2O/c19-16(13-7-3-1-4-8-13)15-11-12-18(17-15)14-9-5-2-6-10-14/h1-12H. The molecule has 0 fully saturated rings. The quantitative estimate of drug-likeness (QED) is 0.667. The van der Waals surface area contributed by atoms with Crippen molar-refractivity contribution in [3.8, 4) is 5.69 Å². The molecule has 3 heteroatoms. The number of nitrogens with zero attached hydrogens (tertiary/aromatic N) is 2. The first-order valence-electron chi connectivity index (χ1n) is 6.05. The SMILES string of the molecule is O=C(c1ccccc1)c1ccn(-c2ccccc2)n1. The lowest BCUT2D eigenvalue weighted by molar-refractivity contribution is 0.103. The topological polar surface area (TPSA) is 34.9 Å². The Kier molecular flexibility index (Phi) is 2.94. The van der Waals surface area contributed by atoms with Crippen molar-refractivity contribution in [2.75, 3.05) is 0 Å². The van der Waals surface area contributed by atoms with Gasteiger partial charge in [0, 0.05) is 11.8 Å². The second-order valence-corrected chi connectivity index (χ2v) is 4.18. The molecule has 2 aromatic carbocycles. The fourth-order valence-electron chi connectivity index (χ4n) is 1.91. The monoisotopic (exact) mass is 248 g/mol. The van der Waals surface area contributed by atoms with E-state index in [1.54, 1.807) is 29.1 Å². The minimum absolute atomic E-state index is 0.0599. The summed E-state index contributed by atoms with van der Waals surface area (Å²) in [6.45, 7) is 0. The molecule has 0 amide bonds. The minimum atomic E-state index is -0.0599. The number of aromatic nitrogens is 2. The minimum Gasteiger partial charge on any atom is -0.287 e. The van der Waals surface area contributed by atoms with Gasteiger partial charge in [-0.2, -0.15) is 5.10 Å². The van der Waals surface area contributed by atoms with Crippen molar-refractivity contribution in [1.82, 2.24) is 9.78 Å². The van der Waals surface area contributed by atoms with Gasteiger partial charge >= 0.3 is 0 Å². The summed E-state index contributed by atoms with van der Waals surface area (Å²) in [5.41, 5.74) is 2.05. The first-order chi connectivity index (χ1) is 9.34. The first kappa shape index (κ1) is 11.4. The molecule has 0 N–H and O–H groups in total. The van der Waals surface area contributed by atoms with E-state index >= 15 is 0 Å². The number of hydrogen-bond acceptors (Lipinski definition) is 2. The second-order valence-electron chi connectivity index (χ2n) is 4.18. The summed E-state index contributed by atoms with van der Waals surface area (Å²) in [5.74, 6) is -0.0599. The van der Waals surface area contributed by atoms with Gasteiger partial charge < -0.3 is 0 Å². The van der Waals surface area contributed by atoms with Gasteiger partial charge in [0.2, 0.25) is 5.78 Å². The zero-order valence-corrected chi connectivity index (χ0v) is 10.2. The molecule has 0 saturated carbocycles. The summed E-state index contributed by atoms with van der Waals surface area (Å²) >= 11 is 0. The highest BCUT2D eigenvalue weighted by Gasteiger charge is 2.11. The number of carbonyl (C=O) groups excluding carboxylic acids is 1. The smallest absolute Gasteiger partial charge is 0.213 e. The highest BCUT2D eigenvalue weighted by molar-refractivity contribution is 6.07. The Hall–Kier alpha value is -2.68. The van der Waals surface area contributed by atoms with Gasteiger partial charge in [-0.25, -0.2) is 4.68 Å². The Labute approximate surface area is 111 Å². The maximum Gasteiger partial charge on any atom is 0.213 e. The van der Waals surface area contributed by atoms with Crippen molar-refractivity contribution in [3.05, 3.63) is 84.2 Å². The van der Waals surface area contributed by atoms with Crippen LogP contribution in [0.5, 0.6) is 0 Å². The van der Waals surface area contributed by atoms with Gasteiger partial charge in [0.15, 0.2) is 0 Å². The molecule has 1 heterocycles. The van der Waals surface area contributed by atoms with Crippen LogP contribution in [0, 0.1) is 0 Å². The summed E-state index contributed by atoms with van der Waals surface area (Å²) < 4.78 is 1.70. The van der Waals surface area contributed by atoms with Crippen LogP contribution >= 0.6 is 0 Å². The molecule has 3 rings (SSSR count). The van der Waals surface area contributed by atoms with Crippen molar-refractivity contribution >= 4 is 5.78 Å². The van der Waals surface area contributed by atoms with E-state index in [0.717, 1.165) is 5.69 Å². The summed E-state index contributed by atoms with van der Waals surface area (Å²) in [6, 6.07) is 20.6. The maximum absolute atomic E-state index is 12.2. The zero-order valence-electron chi connectivity index (χ0n) is 10.2. The van der Waals surface area contributed by atoms with Crippen molar-refractivity contribution in [1.29, 1.82) is 0 Å². The molecule has 0 aliphatic carbocycles. The van der Waals surface area contributed by atoms with E-state index in [2.05, 4.69) is 5.10 Å². The van der Waals surface area contributed by atoms with Crippen molar-refractivity contribution < 1.29 is 4.79 Å². The summed E-state index contributed by atoms with van der Waals surface area (Å²) in [7, 11) is 0. The Morgan fingerprint density at radius 3 is 2.16 bits per heavy atom. The second kappa shape index (κ2) is 4.90. The summed E-state index contributed by atoms with van der Waals surface area (Å²) in [5, 5.41) is 4.32. The molecule has 3 aromatic rings. The third-order valence-corrected chi connectivity index (χ3v) is 2.88. The van der Waals surface area contributed by atoms with Gasteiger partial charge in [-0.3, -0.25) is 4.79 Å². The highest BCUT2D eigenvalue weighted by Crippen LogP contribution is 2.10. The van der Waals surface area contributed by atoms with Gasteiger partial charge in [0.25, 0.3) is 0 Å². The van der Waals surface area contributed by atoms with E-state index in [1.807, 2.05) is 48.5 Å². The molecular formula is C16H12N2O. The number of benzene rings is 2. The van der Waals surface area contributed by atoms with Crippen LogP contribution in [0.4, 0.5) is 0 Å². The van der Waals surface area contributed by atoms with Gasteiger partial charge in [-0.05, 0) is 18.2 Å². The lowest BCUT2D eigenvalue weighted by Crippen LogP contribution is -2.03.